The molecule has 112 valence electrons. The van der Waals surface area contributed by atoms with Crippen molar-refractivity contribution in [2.45, 2.75) is 0 Å². The van der Waals surface area contributed by atoms with Crippen molar-refractivity contribution >= 4 is 40.1 Å². The fourth-order valence-electron chi connectivity index (χ4n) is 1.55. The van der Waals surface area contributed by atoms with Gasteiger partial charge in [-0.3, -0.25) is 35.5 Å². The number of hydrazine groups is 1. The number of carbonyl (C=O) groups is 2. The lowest BCUT2D eigenvalue weighted by molar-refractivity contribution is -0.384. The van der Waals surface area contributed by atoms with Gasteiger partial charge in [-0.1, -0.05) is 0 Å². The number of nitro groups is 1. The van der Waals surface area contributed by atoms with E-state index in [1.807, 2.05) is 22.6 Å². The highest BCUT2D eigenvalue weighted by atomic mass is 127. The van der Waals surface area contributed by atoms with Gasteiger partial charge in [-0.25, -0.2) is 0 Å². The van der Waals surface area contributed by atoms with Crippen molar-refractivity contribution in [3.8, 4) is 0 Å². The van der Waals surface area contributed by atoms with Crippen molar-refractivity contribution in [1.29, 1.82) is 0 Å². The number of halogens is 1. The SMILES string of the molecule is O=C(NNC(=O)c1ccc([N+](=O)[O-])cc1I)c1cccnc1. The van der Waals surface area contributed by atoms with Gasteiger partial charge in [-0.2, -0.15) is 0 Å². The van der Waals surface area contributed by atoms with E-state index in [4.69, 9.17) is 0 Å². The highest BCUT2D eigenvalue weighted by molar-refractivity contribution is 14.1. The first-order valence-corrected chi connectivity index (χ1v) is 7.01. The summed E-state index contributed by atoms with van der Waals surface area (Å²) in [6.07, 6.45) is 2.88. The van der Waals surface area contributed by atoms with Crippen molar-refractivity contribution in [3.05, 3.63) is 67.5 Å². The van der Waals surface area contributed by atoms with Gasteiger partial charge in [0.1, 0.15) is 0 Å². The Morgan fingerprint density at radius 1 is 1.18 bits per heavy atom. The van der Waals surface area contributed by atoms with Gasteiger partial charge in [0.2, 0.25) is 0 Å². The van der Waals surface area contributed by atoms with Crippen LogP contribution in [0.3, 0.4) is 0 Å². The minimum Gasteiger partial charge on any atom is -0.267 e. The summed E-state index contributed by atoms with van der Waals surface area (Å²) in [5, 5.41) is 10.6. The van der Waals surface area contributed by atoms with E-state index in [1.165, 1.54) is 30.6 Å². The van der Waals surface area contributed by atoms with Gasteiger partial charge < -0.3 is 0 Å². The molecule has 0 fully saturated rings. The number of nitro benzene ring substituents is 1. The van der Waals surface area contributed by atoms with Gasteiger partial charge in [0.05, 0.1) is 16.1 Å². The van der Waals surface area contributed by atoms with Crippen LogP contribution in [0.15, 0.2) is 42.7 Å². The predicted molar refractivity (Wildman–Crippen MR) is 85.0 cm³/mol. The summed E-state index contributed by atoms with van der Waals surface area (Å²) < 4.78 is 0.403. The van der Waals surface area contributed by atoms with Crippen molar-refractivity contribution in [1.82, 2.24) is 15.8 Å². The Hall–Kier alpha value is -2.56. The predicted octanol–water partition coefficient (Wildman–Crippen LogP) is 1.67. The molecule has 0 aliphatic heterocycles. The van der Waals surface area contributed by atoms with Gasteiger partial charge in [-0.15, -0.1) is 0 Å². The minimum absolute atomic E-state index is 0.111. The maximum atomic E-state index is 12.0. The molecule has 0 saturated carbocycles. The van der Waals surface area contributed by atoms with Crippen LogP contribution in [-0.2, 0) is 0 Å². The average Bonchev–Trinajstić information content (AvgIpc) is 2.52. The van der Waals surface area contributed by atoms with E-state index >= 15 is 0 Å². The molecular formula is C13H9IN4O4. The standard InChI is InChI=1S/C13H9IN4O4/c14-11-6-9(18(21)22)3-4-10(11)13(20)17-16-12(19)8-2-1-5-15-7-8/h1-7H,(H,16,19)(H,17,20). The molecule has 1 heterocycles. The number of non-ortho nitro benzene ring substituents is 1. The molecule has 0 aliphatic rings. The van der Waals surface area contributed by atoms with E-state index in [1.54, 1.807) is 12.1 Å². The highest BCUT2D eigenvalue weighted by Crippen LogP contribution is 2.19. The third-order valence-electron chi connectivity index (χ3n) is 2.62. The summed E-state index contributed by atoms with van der Waals surface area (Å²) in [6.45, 7) is 0. The van der Waals surface area contributed by atoms with Crippen LogP contribution >= 0.6 is 22.6 Å². The van der Waals surface area contributed by atoms with Crippen LogP contribution in [0.1, 0.15) is 20.7 Å². The molecule has 0 atom stereocenters. The number of amides is 2. The number of nitrogens with one attached hydrogen (secondary N) is 2. The zero-order valence-electron chi connectivity index (χ0n) is 10.9. The van der Waals surface area contributed by atoms with Gasteiger partial charge in [0.15, 0.2) is 0 Å². The number of rotatable bonds is 3. The zero-order chi connectivity index (χ0) is 16.1. The fourth-order valence-corrected chi connectivity index (χ4v) is 2.30. The largest absolute Gasteiger partial charge is 0.271 e. The van der Waals surface area contributed by atoms with Crippen LogP contribution in [0.2, 0.25) is 0 Å². The molecule has 1 aromatic heterocycles. The monoisotopic (exact) mass is 412 g/mol. The molecule has 9 heteroatoms. The van der Waals surface area contributed by atoms with E-state index in [0.29, 0.717) is 9.13 Å². The first kappa shape index (κ1) is 15.8. The molecule has 1 aromatic carbocycles. The Morgan fingerprint density at radius 2 is 1.91 bits per heavy atom. The molecule has 2 rings (SSSR count). The molecule has 0 saturated heterocycles. The summed E-state index contributed by atoms with van der Waals surface area (Å²) >= 11 is 1.82. The van der Waals surface area contributed by atoms with Gasteiger partial charge in [-0.05, 0) is 40.8 Å². The molecule has 0 spiro atoms. The molecule has 2 aromatic rings. The third kappa shape index (κ3) is 3.75. The number of hydrogen-bond donors (Lipinski definition) is 2. The Kier molecular flexibility index (Phi) is 4.99. The molecule has 0 unspecified atom stereocenters. The number of nitrogens with zero attached hydrogens (tertiary/aromatic N) is 2. The topological polar surface area (TPSA) is 114 Å². The van der Waals surface area contributed by atoms with Gasteiger partial charge in [0.25, 0.3) is 17.5 Å². The van der Waals surface area contributed by atoms with Gasteiger partial charge >= 0.3 is 0 Å². The molecule has 22 heavy (non-hydrogen) atoms. The van der Waals surface area contributed by atoms with Crippen LogP contribution in [0.25, 0.3) is 0 Å². The smallest absolute Gasteiger partial charge is 0.267 e. The Morgan fingerprint density at radius 3 is 2.50 bits per heavy atom. The lowest BCUT2D eigenvalue weighted by Gasteiger charge is -2.08. The minimum atomic E-state index is -0.573. The molecule has 2 amide bonds. The summed E-state index contributed by atoms with van der Waals surface area (Å²) in [4.78, 5) is 37.6. The number of benzene rings is 1. The Labute approximate surface area is 138 Å². The van der Waals surface area contributed by atoms with Crippen LogP contribution in [0, 0.1) is 13.7 Å². The van der Waals surface area contributed by atoms with Crippen LogP contribution in [-0.4, -0.2) is 21.7 Å². The number of carbonyl (C=O) groups excluding carboxylic acids is 2. The van der Waals surface area contributed by atoms with E-state index in [2.05, 4.69) is 15.8 Å². The summed E-state index contributed by atoms with van der Waals surface area (Å²) in [6, 6.07) is 6.96. The summed E-state index contributed by atoms with van der Waals surface area (Å²) in [7, 11) is 0. The number of aromatic nitrogens is 1. The van der Waals surface area contributed by atoms with E-state index in [-0.39, 0.29) is 11.3 Å². The molecule has 2 N–H and O–H groups in total. The normalized spacial score (nSPS) is 9.86. The van der Waals surface area contributed by atoms with E-state index in [9.17, 15) is 19.7 Å². The van der Waals surface area contributed by atoms with Crippen LogP contribution in [0.4, 0.5) is 5.69 Å². The highest BCUT2D eigenvalue weighted by Gasteiger charge is 2.15. The molecule has 0 radical (unpaired) electrons. The van der Waals surface area contributed by atoms with Crippen molar-refractivity contribution in [2.75, 3.05) is 0 Å². The number of hydrogen-bond acceptors (Lipinski definition) is 5. The fraction of sp³-hybridized carbons (Fsp3) is 0. The Bertz CT molecular complexity index is 736. The lowest BCUT2D eigenvalue weighted by atomic mass is 10.2. The van der Waals surface area contributed by atoms with Crippen LogP contribution < -0.4 is 10.9 Å². The maximum absolute atomic E-state index is 12.0. The number of pyridine rings is 1. The summed E-state index contributed by atoms with van der Waals surface area (Å²) in [5.74, 6) is -1.09. The summed E-state index contributed by atoms with van der Waals surface area (Å²) in [5.41, 5.74) is 4.89. The second-order valence-electron chi connectivity index (χ2n) is 4.07. The third-order valence-corrected chi connectivity index (χ3v) is 3.51. The first-order valence-electron chi connectivity index (χ1n) is 5.93. The second-order valence-corrected chi connectivity index (χ2v) is 5.23. The van der Waals surface area contributed by atoms with Crippen molar-refractivity contribution in [2.24, 2.45) is 0 Å². The second kappa shape index (κ2) is 6.93. The molecule has 8 nitrogen and oxygen atoms in total. The lowest BCUT2D eigenvalue weighted by Crippen LogP contribution is -2.41. The van der Waals surface area contributed by atoms with E-state index in [0.717, 1.165) is 0 Å². The quantitative estimate of drug-likeness (QED) is 0.452. The van der Waals surface area contributed by atoms with Crippen molar-refractivity contribution < 1.29 is 14.5 Å². The first-order chi connectivity index (χ1) is 10.5. The molecular weight excluding hydrogens is 403 g/mol. The maximum Gasteiger partial charge on any atom is 0.271 e. The van der Waals surface area contributed by atoms with Crippen LogP contribution in [0.5, 0.6) is 0 Å². The van der Waals surface area contributed by atoms with E-state index < -0.39 is 16.7 Å². The van der Waals surface area contributed by atoms with Crippen molar-refractivity contribution in [3.63, 3.8) is 0 Å². The molecule has 0 aliphatic carbocycles. The molecule has 0 bridgehead atoms. The zero-order valence-corrected chi connectivity index (χ0v) is 13.1. The Balaban J connectivity index is 2.04. The average molecular weight is 412 g/mol. The van der Waals surface area contributed by atoms with Gasteiger partial charge in [0, 0.05) is 28.1 Å².